The molecular weight excluding hydrogens is 286 g/mol. The first kappa shape index (κ1) is 13.8. The van der Waals surface area contributed by atoms with Gasteiger partial charge in [0.05, 0.1) is 22.7 Å². The molecule has 0 aliphatic carbocycles. The van der Waals surface area contributed by atoms with Gasteiger partial charge in [0.25, 0.3) is 0 Å². The van der Waals surface area contributed by atoms with Crippen LogP contribution in [-0.2, 0) is 16.6 Å². The molecule has 1 aromatic carbocycles. The Labute approximate surface area is 123 Å². The molecule has 108 valence electrons. The van der Waals surface area contributed by atoms with Gasteiger partial charge in [-0.1, -0.05) is 23.8 Å². The molecule has 0 aliphatic rings. The topological polar surface area (TPSA) is 63.5 Å². The maximum atomic E-state index is 12.2. The maximum Gasteiger partial charge on any atom is 0.240 e. The molecule has 0 atom stereocenters. The minimum Gasteiger partial charge on any atom is -0.241 e. The quantitative estimate of drug-likeness (QED) is 0.803. The number of aryl methyl sites for hydroxylation is 1. The van der Waals surface area contributed by atoms with Gasteiger partial charge in [-0.05, 0) is 37.3 Å². The largest absolute Gasteiger partial charge is 0.241 e. The Bertz CT molecular complexity index is 834. The lowest BCUT2D eigenvalue weighted by atomic mass is 10.2. The van der Waals surface area contributed by atoms with Gasteiger partial charge in [0.2, 0.25) is 10.0 Å². The number of rotatable bonds is 4. The summed E-state index contributed by atoms with van der Waals surface area (Å²) in [4.78, 5) is 0.261. The van der Waals surface area contributed by atoms with Gasteiger partial charge >= 0.3 is 0 Å². The van der Waals surface area contributed by atoms with E-state index in [2.05, 4.69) is 9.82 Å². The van der Waals surface area contributed by atoms with Crippen molar-refractivity contribution in [3.05, 3.63) is 66.0 Å². The molecular formula is C15H15N3O2S. The SMILES string of the molecule is Cc1ccc(S(=O)(=O)NCc2cc3ccccn3n2)cc1. The lowest BCUT2D eigenvalue weighted by Gasteiger charge is -2.05. The van der Waals surface area contributed by atoms with E-state index in [9.17, 15) is 8.42 Å². The first-order valence-electron chi connectivity index (χ1n) is 6.54. The molecule has 0 radical (unpaired) electrons. The summed E-state index contributed by atoms with van der Waals surface area (Å²) in [6.07, 6.45) is 1.83. The van der Waals surface area contributed by atoms with Crippen LogP contribution in [0.5, 0.6) is 0 Å². The summed E-state index contributed by atoms with van der Waals surface area (Å²) in [6.45, 7) is 2.08. The summed E-state index contributed by atoms with van der Waals surface area (Å²) in [7, 11) is -3.51. The van der Waals surface area contributed by atoms with Crippen LogP contribution in [0.25, 0.3) is 5.52 Å². The fraction of sp³-hybridized carbons (Fsp3) is 0.133. The fourth-order valence-corrected chi connectivity index (χ4v) is 3.05. The average Bonchev–Trinajstić information content (AvgIpc) is 2.89. The van der Waals surface area contributed by atoms with Crippen LogP contribution in [0.2, 0.25) is 0 Å². The van der Waals surface area contributed by atoms with E-state index < -0.39 is 10.0 Å². The Hall–Kier alpha value is -2.18. The number of sulfonamides is 1. The molecule has 2 aromatic heterocycles. The minimum absolute atomic E-state index is 0.165. The zero-order chi connectivity index (χ0) is 14.9. The Morgan fingerprint density at radius 1 is 1.14 bits per heavy atom. The number of fused-ring (bicyclic) bond motifs is 1. The van der Waals surface area contributed by atoms with Crippen molar-refractivity contribution in [1.82, 2.24) is 14.3 Å². The molecule has 0 amide bonds. The number of hydrogen-bond donors (Lipinski definition) is 1. The first-order chi connectivity index (χ1) is 10.0. The van der Waals surface area contributed by atoms with Crippen molar-refractivity contribution in [3.63, 3.8) is 0 Å². The van der Waals surface area contributed by atoms with E-state index in [0.29, 0.717) is 5.69 Å². The van der Waals surface area contributed by atoms with Crippen molar-refractivity contribution < 1.29 is 8.42 Å². The lowest BCUT2D eigenvalue weighted by molar-refractivity contribution is 0.580. The molecule has 6 heteroatoms. The van der Waals surface area contributed by atoms with Gasteiger partial charge < -0.3 is 0 Å². The normalized spacial score (nSPS) is 11.9. The van der Waals surface area contributed by atoms with Crippen molar-refractivity contribution in [2.75, 3.05) is 0 Å². The van der Waals surface area contributed by atoms with Crippen LogP contribution in [0, 0.1) is 6.92 Å². The van der Waals surface area contributed by atoms with E-state index in [0.717, 1.165) is 11.1 Å². The van der Waals surface area contributed by atoms with Crippen LogP contribution < -0.4 is 4.72 Å². The van der Waals surface area contributed by atoms with Gasteiger partial charge in [0.15, 0.2) is 0 Å². The van der Waals surface area contributed by atoms with E-state index in [1.165, 1.54) is 0 Å². The highest BCUT2D eigenvalue weighted by molar-refractivity contribution is 7.89. The Morgan fingerprint density at radius 3 is 2.62 bits per heavy atom. The van der Waals surface area contributed by atoms with Crippen LogP contribution in [0.1, 0.15) is 11.3 Å². The average molecular weight is 301 g/mol. The number of aromatic nitrogens is 2. The molecule has 2 heterocycles. The van der Waals surface area contributed by atoms with Crippen LogP contribution in [0.4, 0.5) is 0 Å². The number of nitrogens with one attached hydrogen (secondary N) is 1. The standard InChI is InChI=1S/C15H15N3O2S/c1-12-5-7-15(8-6-12)21(19,20)16-11-13-10-14-4-2-3-9-18(14)17-13/h2-10,16H,11H2,1H3. The molecule has 0 bridgehead atoms. The third-order valence-electron chi connectivity index (χ3n) is 3.20. The van der Waals surface area contributed by atoms with Crippen molar-refractivity contribution in [2.45, 2.75) is 18.4 Å². The van der Waals surface area contributed by atoms with E-state index in [1.807, 2.05) is 37.4 Å². The zero-order valence-corrected chi connectivity index (χ0v) is 12.3. The van der Waals surface area contributed by atoms with Gasteiger partial charge in [-0.25, -0.2) is 17.7 Å². The monoisotopic (exact) mass is 301 g/mol. The zero-order valence-electron chi connectivity index (χ0n) is 11.5. The van der Waals surface area contributed by atoms with Crippen molar-refractivity contribution >= 4 is 15.5 Å². The van der Waals surface area contributed by atoms with Crippen LogP contribution in [0.3, 0.4) is 0 Å². The number of benzene rings is 1. The Morgan fingerprint density at radius 2 is 1.90 bits per heavy atom. The summed E-state index contributed by atoms with van der Waals surface area (Å²) in [5.74, 6) is 0. The highest BCUT2D eigenvalue weighted by Crippen LogP contribution is 2.11. The molecule has 0 spiro atoms. The molecule has 0 saturated heterocycles. The van der Waals surface area contributed by atoms with Gasteiger partial charge in [0, 0.05) is 6.20 Å². The molecule has 0 saturated carbocycles. The van der Waals surface area contributed by atoms with Crippen LogP contribution in [0.15, 0.2) is 59.6 Å². The fourth-order valence-electron chi connectivity index (χ4n) is 2.05. The molecule has 0 fully saturated rings. The predicted molar refractivity (Wildman–Crippen MR) is 80.4 cm³/mol. The van der Waals surface area contributed by atoms with E-state index in [4.69, 9.17) is 0 Å². The molecule has 21 heavy (non-hydrogen) atoms. The van der Waals surface area contributed by atoms with Gasteiger partial charge in [-0.2, -0.15) is 5.10 Å². The summed E-state index contributed by atoms with van der Waals surface area (Å²) in [6, 6.07) is 14.3. The highest BCUT2D eigenvalue weighted by Gasteiger charge is 2.14. The van der Waals surface area contributed by atoms with Gasteiger partial charge in [-0.3, -0.25) is 0 Å². The van der Waals surface area contributed by atoms with Gasteiger partial charge in [0.1, 0.15) is 0 Å². The van der Waals surface area contributed by atoms with Crippen molar-refractivity contribution in [3.8, 4) is 0 Å². The first-order valence-corrected chi connectivity index (χ1v) is 8.02. The summed E-state index contributed by atoms with van der Waals surface area (Å²) in [5, 5.41) is 4.31. The Balaban J connectivity index is 1.78. The third kappa shape index (κ3) is 2.96. The highest BCUT2D eigenvalue weighted by atomic mass is 32.2. The van der Waals surface area contributed by atoms with Gasteiger partial charge in [-0.15, -0.1) is 0 Å². The second-order valence-electron chi connectivity index (χ2n) is 4.84. The summed E-state index contributed by atoms with van der Waals surface area (Å²) < 4.78 is 28.7. The maximum absolute atomic E-state index is 12.2. The molecule has 0 unspecified atom stereocenters. The Kier molecular flexibility index (Phi) is 3.48. The summed E-state index contributed by atoms with van der Waals surface area (Å²) in [5.41, 5.74) is 2.63. The molecule has 3 rings (SSSR count). The van der Waals surface area contributed by atoms with E-state index in [1.54, 1.807) is 28.8 Å². The molecule has 1 N–H and O–H groups in total. The predicted octanol–water partition coefficient (Wildman–Crippen LogP) is 2.12. The minimum atomic E-state index is -3.51. The van der Waals surface area contributed by atoms with E-state index in [-0.39, 0.29) is 11.4 Å². The second-order valence-corrected chi connectivity index (χ2v) is 6.61. The van der Waals surface area contributed by atoms with Crippen LogP contribution >= 0.6 is 0 Å². The number of nitrogens with zero attached hydrogens (tertiary/aromatic N) is 2. The molecule has 3 aromatic rings. The smallest absolute Gasteiger partial charge is 0.240 e. The number of pyridine rings is 1. The van der Waals surface area contributed by atoms with E-state index >= 15 is 0 Å². The van der Waals surface area contributed by atoms with Crippen molar-refractivity contribution in [1.29, 1.82) is 0 Å². The second kappa shape index (κ2) is 5.31. The van der Waals surface area contributed by atoms with Crippen molar-refractivity contribution in [2.24, 2.45) is 0 Å². The summed E-state index contributed by atoms with van der Waals surface area (Å²) >= 11 is 0. The van der Waals surface area contributed by atoms with Crippen LogP contribution in [-0.4, -0.2) is 18.0 Å². The molecule has 0 aliphatic heterocycles. The number of hydrogen-bond acceptors (Lipinski definition) is 3. The molecule has 5 nitrogen and oxygen atoms in total. The third-order valence-corrected chi connectivity index (χ3v) is 4.61. The lowest BCUT2D eigenvalue weighted by Crippen LogP contribution is -2.23.